The Kier molecular flexibility index (Phi) is 3.26. The average Bonchev–Trinajstić information content (AvgIpc) is 2.64. The fourth-order valence-corrected chi connectivity index (χ4v) is 2.70. The smallest absolute Gasteiger partial charge is 0.323 e. The molecule has 0 spiro atoms. The minimum Gasteiger partial charge on any atom is -0.464 e. The zero-order valence-electron chi connectivity index (χ0n) is 9.32. The number of nitrogens with zero attached hydrogens (tertiary/aromatic N) is 1. The zero-order chi connectivity index (χ0) is 10.8. The topological polar surface area (TPSA) is 55.6 Å². The molecule has 0 aliphatic carbocycles. The lowest BCUT2D eigenvalue weighted by atomic mass is 9.91. The quantitative estimate of drug-likeness (QED) is 0.672. The summed E-state index contributed by atoms with van der Waals surface area (Å²) in [5.41, 5.74) is 5.78. The number of ether oxygens (including phenoxy) is 1. The lowest BCUT2D eigenvalue weighted by Gasteiger charge is -2.40. The van der Waals surface area contributed by atoms with Crippen LogP contribution in [0.5, 0.6) is 0 Å². The summed E-state index contributed by atoms with van der Waals surface area (Å²) < 4.78 is 5.02. The van der Waals surface area contributed by atoms with E-state index in [4.69, 9.17) is 10.5 Å². The van der Waals surface area contributed by atoms with Crippen LogP contribution in [0.4, 0.5) is 0 Å². The Morgan fingerprint density at radius 2 is 2.33 bits per heavy atom. The van der Waals surface area contributed by atoms with Crippen LogP contribution in [0.15, 0.2) is 0 Å². The first-order valence-corrected chi connectivity index (χ1v) is 5.85. The van der Waals surface area contributed by atoms with Gasteiger partial charge in [0.25, 0.3) is 0 Å². The SMILES string of the molecule is CC1CCN(C2CCOC2=O)C(CN)C1. The summed E-state index contributed by atoms with van der Waals surface area (Å²) >= 11 is 0. The van der Waals surface area contributed by atoms with Crippen molar-refractivity contribution in [3.05, 3.63) is 0 Å². The zero-order valence-corrected chi connectivity index (χ0v) is 9.32. The maximum Gasteiger partial charge on any atom is 0.323 e. The predicted molar refractivity (Wildman–Crippen MR) is 57.3 cm³/mol. The standard InChI is InChI=1S/C11H20N2O2/c1-8-2-4-13(9(6-8)7-12)10-3-5-15-11(10)14/h8-10H,2-7,12H2,1H3. The van der Waals surface area contributed by atoms with Gasteiger partial charge in [-0.2, -0.15) is 0 Å². The van der Waals surface area contributed by atoms with Crippen LogP contribution in [0, 0.1) is 5.92 Å². The molecule has 0 radical (unpaired) electrons. The molecular weight excluding hydrogens is 192 g/mol. The third-order valence-corrected chi connectivity index (χ3v) is 3.60. The van der Waals surface area contributed by atoms with E-state index in [0.29, 0.717) is 19.2 Å². The van der Waals surface area contributed by atoms with Gasteiger partial charge < -0.3 is 10.5 Å². The molecule has 0 aromatic carbocycles. The van der Waals surface area contributed by atoms with Gasteiger partial charge in [0.1, 0.15) is 6.04 Å². The van der Waals surface area contributed by atoms with Crippen molar-refractivity contribution in [3.8, 4) is 0 Å². The Morgan fingerprint density at radius 1 is 1.53 bits per heavy atom. The summed E-state index contributed by atoms with van der Waals surface area (Å²) in [5.74, 6) is 0.676. The molecule has 3 unspecified atom stereocenters. The number of likely N-dealkylation sites (tertiary alicyclic amines) is 1. The van der Waals surface area contributed by atoms with Gasteiger partial charge in [0.15, 0.2) is 0 Å². The molecular formula is C11H20N2O2. The van der Waals surface area contributed by atoms with E-state index in [9.17, 15) is 4.79 Å². The van der Waals surface area contributed by atoms with E-state index in [2.05, 4.69) is 11.8 Å². The molecule has 3 atom stereocenters. The van der Waals surface area contributed by atoms with E-state index in [-0.39, 0.29) is 12.0 Å². The Labute approximate surface area is 90.8 Å². The highest BCUT2D eigenvalue weighted by Gasteiger charge is 2.38. The van der Waals surface area contributed by atoms with Crippen molar-refractivity contribution in [1.29, 1.82) is 0 Å². The molecule has 0 aromatic rings. The van der Waals surface area contributed by atoms with Gasteiger partial charge in [-0.1, -0.05) is 6.92 Å². The highest BCUT2D eigenvalue weighted by molar-refractivity contribution is 5.77. The van der Waals surface area contributed by atoms with E-state index in [0.717, 1.165) is 25.3 Å². The second-order valence-corrected chi connectivity index (χ2v) is 4.73. The van der Waals surface area contributed by atoms with Crippen molar-refractivity contribution in [2.24, 2.45) is 11.7 Å². The summed E-state index contributed by atoms with van der Waals surface area (Å²) in [4.78, 5) is 13.8. The van der Waals surface area contributed by atoms with Gasteiger partial charge in [-0.25, -0.2) is 0 Å². The number of piperidine rings is 1. The minimum atomic E-state index is -0.0528. The highest BCUT2D eigenvalue weighted by atomic mass is 16.5. The normalized spacial score (nSPS) is 38.0. The molecule has 2 fully saturated rings. The summed E-state index contributed by atoms with van der Waals surface area (Å²) in [6.45, 7) is 4.47. The van der Waals surface area contributed by atoms with Crippen LogP contribution in [0.1, 0.15) is 26.2 Å². The Morgan fingerprint density at radius 3 is 2.93 bits per heavy atom. The second kappa shape index (κ2) is 4.49. The largest absolute Gasteiger partial charge is 0.464 e. The molecule has 15 heavy (non-hydrogen) atoms. The van der Waals surface area contributed by atoms with E-state index in [1.165, 1.54) is 6.42 Å². The van der Waals surface area contributed by atoms with E-state index in [1.54, 1.807) is 0 Å². The lowest BCUT2D eigenvalue weighted by Crippen LogP contribution is -2.52. The van der Waals surface area contributed by atoms with Gasteiger partial charge in [-0.15, -0.1) is 0 Å². The van der Waals surface area contributed by atoms with Gasteiger partial charge in [-0.3, -0.25) is 9.69 Å². The van der Waals surface area contributed by atoms with Crippen molar-refractivity contribution in [3.63, 3.8) is 0 Å². The fraction of sp³-hybridized carbons (Fsp3) is 0.909. The first-order valence-electron chi connectivity index (χ1n) is 5.85. The molecule has 2 heterocycles. The maximum atomic E-state index is 11.5. The Hall–Kier alpha value is -0.610. The average molecular weight is 212 g/mol. The minimum absolute atomic E-state index is 0.0222. The van der Waals surface area contributed by atoms with Crippen LogP contribution in [-0.4, -0.2) is 42.6 Å². The first-order chi connectivity index (χ1) is 7.22. The van der Waals surface area contributed by atoms with Crippen LogP contribution < -0.4 is 5.73 Å². The van der Waals surface area contributed by atoms with Crippen LogP contribution >= 0.6 is 0 Å². The van der Waals surface area contributed by atoms with Gasteiger partial charge in [0.2, 0.25) is 0 Å². The molecule has 2 aliphatic rings. The number of rotatable bonds is 2. The first kappa shape index (κ1) is 10.9. The van der Waals surface area contributed by atoms with Gasteiger partial charge in [-0.05, 0) is 25.3 Å². The van der Waals surface area contributed by atoms with Gasteiger partial charge in [0.05, 0.1) is 6.61 Å². The molecule has 0 aromatic heterocycles. The van der Waals surface area contributed by atoms with Crippen molar-refractivity contribution in [2.75, 3.05) is 19.7 Å². The van der Waals surface area contributed by atoms with Crippen LogP contribution in [-0.2, 0) is 9.53 Å². The third kappa shape index (κ3) is 2.16. The van der Waals surface area contributed by atoms with Crippen molar-refractivity contribution in [2.45, 2.75) is 38.3 Å². The molecule has 2 saturated heterocycles. The molecule has 86 valence electrons. The van der Waals surface area contributed by atoms with Crippen LogP contribution in [0.25, 0.3) is 0 Å². The molecule has 2 N–H and O–H groups in total. The summed E-state index contributed by atoms with van der Waals surface area (Å²) in [7, 11) is 0. The number of nitrogens with two attached hydrogens (primary N) is 1. The number of hydrogen-bond acceptors (Lipinski definition) is 4. The van der Waals surface area contributed by atoms with Gasteiger partial charge in [0, 0.05) is 19.0 Å². The molecule has 0 bridgehead atoms. The van der Waals surface area contributed by atoms with Crippen LogP contribution in [0.3, 0.4) is 0 Å². The lowest BCUT2D eigenvalue weighted by molar-refractivity contribution is -0.143. The summed E-state index contributed by atoms with van der Waals surface area (Å²) in [6, 6.07) is 0.343. The number of cyclic esters (lactones) is 1. The molecule has 4 heteroatoms. The van der Waals surface area contributed by atoms with Crippen molar-refractivity contribution in [1.82, 2.24) is 4.90 Å². The number of esters is 1. The molecule has 0 saturated carbocycles. The van der Waals surface area contributed by atoms with Crippen LogP contribution in [0.2, 0.25) is 0 Å². The molecule has 0 amide bonds. The third-order valence-electron chi connectivity index (χ3n) is 3.60. The number of carbonyl (C=O) groups is 1. The van der Waals surface area contributed by atoms with E-state index < -0.39 is 0 Å². The Bertz CT molecular complexity index is 245. The monoisotopic (exact) mass is 212 g/mol. The fourth-order valence-electron chi connectivity index (χ4n) is 2.70. The maximum absolute atomic E-state index is 11.5. The predicted octanol–water partition coefficient (Wildman–Crippen LogP) is 0.361. The van der Waals surface area contributed by atoms with Gasteiger partial charge >= 0.3 is 5.97 Å². The number of carbonyl (C=O) groups excluding carboxylic acids is 1. The second-order valence-electron chi connectivity index (χ2n) is 4.73. The van der Waals surface area contributed by atoms with E-state index in [1.807, 2.05) is 0 Å². The highest BCUT2D eigenvalue weighted by Crippen LogP contribution is 2.27. The van der Waals surface area contributed by atoms with Crippen molar-refractivity contribution < 1.29 is 9.53 Å². The Balaban J connectivity index is 2.03. The summed E-state index contributed by atoms with van der Waals surface area (Å²) in [6.07, 6.45) is 3.12. The van der Waals surface area contributed by atoms with E-state index >= 15 is 0 Å². The molecule has 2 rings (SSSR count). The molecule has 2 aliphatic heterocycles. The summed E-state index contributed by atoms with van der Waals surface area (Å²) in [5, 5.41) is 0. The van der Waals surface area contributed by atoms with Crippen molar-refractivity contribution >= 4 is 5.97 Å². The molecule has 4 nitrogen and oxygen atoms in total. The number of hydrogen-bond donors (Lipinski definition) is 1.